The van der Waals surface area contributed by atoms with Crippen LogP contribution in [0.1, 0.15) is 29.3 Å². The molecular formula is C12H10O2. The van der Waals surface area contributed by atoms with Crippen LogP contribution in [-0.4, -0.2) is 11.6 Å². The van der Waals surface area contributed by atoms with Crippen LogP contribution in [0.15, 0.2) is 30.3 Å². The van der Waals surface area contributed by atoms with Crippen molar-refractivity contribution in [2.45, 2.75) is 13.3 Å². The third-order valence-corrected chi connectivity index (χ3v) is 2.28. The molecule has 0 aliphatic heterocycles. The van der Waals surface area contributed by atoms with Crippen LogP contribution in [0.2, 0.25) is 0 Å². The molecule has 0 heterocycles. The quantitative estimate of drug-likeness (QED) is 0.709. The van der Waals surface area contributed by atoms with Crippen molar-refractivity contribution in [3.8, 4) is 0 Å². The van der Waals surface area contributed by atoms with Crippen molar-refractivity contribution in [2.24, 2.45) is 0 Å². The summed E-state index contributed by atoms with van der Waals surface area (Å²) in [6, 6.07) is 7.39. The van der Waals surface area contributed by atoms with E-state index < -0.39 is 0 Å². The molecule has 1 aromatic carbocycles. The second kappa shape index (κ2) is 3.22. The van der Waals surface area contributed by atoms with Crippen molar-refractivity contribution in [3.63, 3.8) is 0 Å². The highest BCUT2D eigenvalue weighted by Gasteiger charge is 2.20. The molecule has 14 heavy (non-hydrogen) atoms. The van der Waals surface area contributed by atoms with Crippen LogP contribution >= 0.6 is 0 Å². The number of hydrogen-bond donors (Lipinski definition) is 0. The van der Waals surface area contributed by atoms with Gasteiger partial charge in [0.1, 0.15) is 5.78 Å². The van der Waals surface area contributed by atoms with Crippen LogP contribution in [0.5, 0.6) is 0 Å². The molecule has 0 radical (unpaired) electrons. The van der Waals surface area contributed by atoms with Gasteiger partial charge in [0, 0.05) is 12.0 Å². The minimum atomic E-state index is 0.0110. The summed E-state index contributed by atoms with van der Waals surface area (Å²) in [5.74, 6) is 0.0950. The highest BCUT2D eigenvalue weighted by atomic mass is 16.1. The maximum absolute atomic E-state index is 11.5. The number of allylic oxidation sites excluding steroid dienone is 2. The average Bonchev–Trinajstić information content (AvgIpc) is 2.44. The highest BCUT2D eigenvalue weighted by molar-refractivity contribution is 6.18. The smallest absolute Gasteiger partial charge is 0.186 e. The number of rotatable bonds is 2. The van der Waals surface area contributed by atoms with Crippen LogP contribution in [-0.2, 0) is 4.79 Å². The molecule has 0 unspecified atom stereocenters. The summed E-state index contributed by atoms with van der Waals surface area (Å²) in [5, 5.41) is 0. The topological polar surface area (TPSA) is 34.1 Å². The van der Waals surface area contributed by atoms with Gasteiger partial charge < -0.3 is 0 Å². The van der Waals surface area contributed by atoms with E-state index in [-0.39, 0.29) is 11.6 Å². The second-order valence-electron chi connectivity index (χ2n) is 3.46. The number of Topliss-reactive ketones (excluding diaryl/α,β-unsaturated/α-hetero) is 1. The Morgan fingerprint density at radius 2 is 1.86 bits per heavy atom. The molecule has 0 saturated heterocycles. The first-order valence-corrected chi connectivity index (χ1v) is 4.52. The molecule has 0 N–H and O–H groups in total. The van der Waals surface area contributed by atoms with Gasteiger partial charge in [-0.2, -0.15) is 0 Å². The van der Waals surface area contributed by atoms with Gasteiger partial charge in [0.05, 0.1) is 0 Å². The fourth-order valence-electron chi connectivity index (χ4n) is 1.71. The molecule has 1 aliphatic carbocycles. The Morgan fingerprint density at radius 1 is 1.21 bits per heavy atom. The van der Waals surface area contributed by atoms with Gasteiger partial charge in [-0.3, -0.25) is 9.59 Å². The van der Waals surface area contributed by atoms with Gasteiger partial charge in [-0.1, -0.05) is 24.3 Å². The summed E-state index contributed by atoms with van der Waals surface area (Å²) in [6.07, 6.45) is 1.91. The first-order valence-electron chi connectivity index (χ1n) is 4.52. The zero-order valence-electron chi connectivity index (χ0n) is 7.91. The molecule has 1 aliphatic rings. The minimum Gasteiger partial charge on any atom is -0.300 e. The predicted octanol–water partition coefficient (Wildman–Crippen LogP) is 2.25. The Hall–Kier alpha value is -1.70. The average molecular weight is 186 g/mol. The van der Waals surface area contributed by atoms with Crippen LogP contribution in [0.3, 0.4) is 0 Å². The van der Waals surface area contributed by atoms with E-state index in [4.69, 9.17) is 0 Å². The summed E-state index contributed by atoms with van der Waals surface area (Å²) in [5.41, 5.74) is 2.47. The van der Waals surface area contributed by atoms with Gasteiger partial charge >= 0.3 is 0 Å². The van der Waals surface area contributed by atoms with Gasteiger partial charge in [0.2, 0.25) is 0 Å². The van der Waals surface area contributed by atoms with E-state index in [2.05, 4.69) is 0 Å². The molecule has 0 amide bonds. The summed E-state index contributed by atoms with van der Waals surface area (Å²) < 4.78 is 0. The van der Waals surface area contributed by atoms with Gasteiger partial charge in [-0.15, -0.1) is 0 Å². The van der Waals surface area contributed by atoms with E-state index in [1.165, 1.54) is 6.92 Å². The van der Waals surface area contributed by atoms with Gasteiger partial charge in [0.15, 0.2) is 5.78 Å². The van der Waals surface area contributed by atoms with E-state index in [0.717, 1.165) is 11.1 Å². The van der Waals surface area contributed by atoms with Crippen molar-refractivity contribution in [1.29, 1.82) is 0 Å². The Labute approximate surface area is 82.2 Å². The zero-order valence-corrected chi connectivity index (χ0v) is 7.91. The minimum absolute atomic E-state index is 0.0110. The third kappa shape index (κ3) is 1.39. The van der Waals surface area contributed by atoms with Gasteiger partial charge in [-0.25, -0.2) is 0 Å². The first kappa shape index (κ1) is 8.88. The Kier molecular flexibility index (Phi) is 2.04. The van der Waals surface area contributed by atoms with E-state index in [0.29, 0.717) is 12.0 Å². The van der Waals surface area contributed by atoms with E-state index in [1.54, 1.807) is 12.1 Å². The lowest BCUT2D eigenvalue weighted by molar-refractivity contribution is -0.116. The van der Waals surface area contributed by atoms with Crippen LogP contribution in [0.25, 0.3) is 5.57 Å². The molecule has 2 heteroatoms. The summed E-state index contributed by atoms with van der Waals surface area (Å²) >= 11 is 0. The molecule has 0 aromatic heterocycles. The first-order chi connectivity index (χ1) is 6.68. The van der Waals surface area contributed by atoms with Crippen molar-refractivity contribution in [1.82, 2.24) is 0 Å². The molecule has 0 atom stereocenters. The number of carbonyl (C=O) groups is 2. The lowest BCUT2D eigenvalue weighted by Gasteiger charge is -2.01. The lowest BCUT2D eigenvalue weighted by Crippen LogP contribution is -1.92. The van der Waals surface area contributed by atoms with E-state index >= 15 is 0 Å². The molecule has 0 saturated carbocycles. The molecule has 2 nitrogen and oxygen atoms in total. The molecular weight excluding hydrogens is 176 g/mol. The van der Waals surface area contributed by atoms with Crippen LogP contribution in [0.4, 0.5) is 0 Å². The summed E-state index contributed by atoms with van der Waals surface area (Å²) in [4.78, 5) is 22.4. The van der Waals surface area contributed by atoms with E-state index in [9.17, 15) is 9.59 Å². The maximum Gasteiger partial charge on any atom is 0.186 e. The molecule has 70 valence electrons. The molecule has 1 aromatic rings. The fraction of sp³-hybridized carbons (Fsp3) is 0.167. The number of fused-ring (bicyclic) bond motifs is 1. The predicted molar refractivity (Wildman–Crippen MR) is 54.0 cm³/mol. The fourth-order valence-corrected chi connectivity index (χ4v) is 1.71. The number of carbonyl (C=O) groups excluding carboxylic acids is 2. The molecule has 2 rings (SSSR count). The van der Waals surface area contributed by atoms with Crippen molar-refractivity contribution < 1.29 is 9.59 Å². The van der Waals surface area contributed by atoms with Gasteiger partial charge in [-0.05, 0) is 24.1 Å². The largest absolute Gasteiger partial charge is 0.300 e. The lowest BCUT2D eigenvalue weighted by atomic mass is 10.0. The highest BCUT2D eigenvalue weighted by Crippen LogP contribution is 2.29. The maximum atomic E-state index is 11.5. The third-order valence-electron chi connectivity index (χ3n) is 2.28. The van der Waals surface area contributed by atoms with Crippen molar-refractivity contribution in [2.75, 3.05) is 0 Å². The standard InChI is InChI=1S/C12H10O2/c1-8(13)6-9-7-12(14)11-5-3-2-4-10(9)11/h2-5,7H,6H2,1H3. The normalized spacial score (nSPS) is 13.8. The monoisotopic (exact) mass is 186 g/mol. The zero-order chi connectivity index (χ0) is 10.1. The molecule has 0 spiro atoms. The van der Waals surface area contributed by atoms with Crippen LogP contribution < -0.4 is 0 Å². The van der Waals surface area contributed by atoms with Crippen LogP contribution in [0, 0.1) is 0 Å². The molecule has 0 bridgehead atoms. The Bertz CT molecular complexity index is 441. The number of hydrogen-bond acceptors (Lipinski definition) is 2. The number of benzene rings is 1. The van der Waals surface area contributed by atoms with Gasteiger partial charge in [0.25, 0.3) is 0 Å². The second-order valence-corrected chi connectivity index (χ2v) is 3.46. The summed E-state index contributed by atoms with van der Waals surface area (Å²) in [7, 11) is 0. The van der Waals surface area contributed by atoms with E-state index in [1.807, 2.05) is 18.2 Å². The SMILES string of the molecule is CC(=O)CC1=CC(=O)c2ccccc21. The Balaban J connectivity index is 2.43. The summed E-state index contributed by atoms with van der Waals surface area (Å²) in [6.45, 7) is 1.53. The molecule has 0 fully saturated rings. The van der Waals surface area contributed by atoms with Crippen molar-refractivity contribution in [3.05, 3.63) is 41.5 Å². The Morgan fingerprint density at radius 3 is 2.50 bits per heavy atom. The number of ketones is 2. The van der Waals surface area contributed by atoms with Crippen molar-refractivity contribution >= 4 is 17.1 Å².